The summed E-state index contributed by atoms with van der Waals surface area (Å²) in [7, 11) is 0. The maximum absolute atomic E-state index is 12.3. The second-order valence-corrected chi connectivity index (χ2v) is 7.19. The lowest BCUT2D eigenvalue weighted by atomic mass is 9.88. The van der Waals surface area contributed by atoms with Crippen LogP contribution in [0, 0.1) is 5.92 Å². The van der Waals surface area contributed by atoms with E-state index in [1.165, 1.54) is 4.90 Å². The number of carbonyl (C=O) groups is 3. The zero-order chi connectivity index (χ0) is 14.8. The molecule has 0 aromatic rings. The van der Waals surface area contributed by atoms with Crippen LogP contribution in [-0.4, -0.2) is 39.8 Å². The van der Waals surface area contributed by atoms with Crippen molar-refractivity contribution in [3.8, 4) is 0 Å². The molecule has 21 heavy (non-hydrogen) atoms. The van der Waals surface area contributed by atoms with Crippen LogP contribution in [0.5, 0.6) is 0 Å². The van der Waals surface area contributed by atoms with Gasteiger partial charge < -0.3 is 5.32 Å². The Balaban J connectivity index is 1.67. The van der Waals surface area contributed by atoms with Gasteiger partial charge in [0.25, 0.3) is 5.24 Å². The van der Waals surface area contributed by atoms with Crippen LogP contribution in [0.25, 0.3) is 0 Å². The molecular weight excluding hydrogens is 288 g/mol. The molecule has 0 aromatic carbocycles. The van der Waals surface area contributed by atoms with Crippen LogP contribution in [-0.2, 0) is 9.59 Å². The van der Waals surface area contributed by atoms with E-state index in [1.807, 2.05) is 0 Å². The van der Waals surface area contributed by atoms with E-state index in [-0.39, 0.29) is 40.8 Å². The van der Waals surface area contributed by atoms with Gasteiger partial charge in [-0.2, -0.15) is 0 Å². The third-order valence-electron chi connectivity index (χ3n) is 4.90. The van der Waals surface area contributed by atoms with E-state index in [4.69, 9.17) is 0 Å². The summed E-state index contributed by atoms with van der Waals surface area (Å²) in [6.07, 6.45) is 7.95. The molecule has 3 aliphatic rings. The van der Waals surface area contributed by atoms with Gasteiger partial charge in [0.1, 0.15) is 0 Å². The maximum atomic E-state index is 12.3. The molecule has 6 heteroatoms. The van der Waals surface area contributed by atoms with Crippen LogP contribution in [0.15, 0.2) is 0 Å². The minimum Gasteiger partial charge on any atom is -0.351 e. The van der Waals surface area contributed by atoms with Gasteiger partial charge in [-0.05, 0) is 25.7 Å². The van der Waals surface area contributed by atoms with E-state index in [9.17, 15) is 14.4 Å². The van der Waals surface area contributed by atoms with E-state index >= 15 is 0 Å². The molecule has 0 radical (unpaired) electrons. The minimum atomic E-state index is -0.146. The van der Waals surface area contributed by atoms with Gasteiger partial charge >= 0.3 is 0 Å². The molecule has 116 valence electrons. The Morgan fingerprint density at radius 1 is 1.05 bits per heavy atom. The average molecular weight is 310 g/mol. The molecular formula is C15H22N2O3S. The van der Waals surface area contributed by atoms with E-state index in [0.29, 0.717) is 0 Å². The lowest BCUT2D eigenvalue weighted by Crippen LogP contribution is -2.55. The lowest BCUT2D eigenvalue weighted by molar-refractivity contribution is -0.130. The van der Waals surface area contributed by atoms with Crippen molar-refractivity contribution in [2.45, 2.75) is 63.5 Å². The van der Waals surface area contributed by atoms with Crippen LogP contribution < -0.4 is 5.32 Å². The number of nitrogens with one attached hydrogen (secondary N) is 1. The quantitative estimate of drug-likeness (QED) is 0.868. The summed E-state index contributed by atoms with van der Waals surface area (Å²) in [6.45, 7) is 0. The van der Waals surface area contributed by atoms with Gasteiger partial charge in [-0.25, -0.2) is 0 Å². The predicted molar refractivity (Wildman–Crippen MR) is 80.8 cm³/mol. The number of nitrogens with zero attached hydrogens (tertiary/aromatic N) is 1. The van der Waals surface area contributed by atoms with Gasteiger partial charge in [-0.1, -0.05) is 37.4 Å². The summed E-state index contributed by atoms with van der Waals surface area (Å²) in [5.41, 5.74) is 0. The zero-order valence-corrected chi connectivity index (χ0v) is 13.0. The van der Waals surface area contributed by atoms with Crippen LogP contribution in [0.3, 0.4) is 0 Å². The van der Waals surface area contributed by atoms with Gasteiger partial charge in [0.05, 0.1) is 11.8 Å². The Morgan fingerprint density at radius 3 is 2.38 bits per heavy atom. The number of amides is 3. The third kappa shape index (κ3) is 3.10. The van der Waals surface area contributed by atoms with Crippen molar-refractivity contribution < 1.29 is 14.4 Å². The molecule has 2 atom stereocenters. The second kappa shape index (κ2) is 6.38. The van der Waals surface area contributed by atoms with Crippen molar-refractivity contribution in [1.29, 1.82) is 0 Å². The highest BCUT2D eigenvalue weighted by Crippen LogP contribution is 2.31. The number of hydrogen-bond donors (Lipinski definition) is 1. The van der Waals surface area contributed by atoms with Crippen molar-refractivity contribution in [2.75, 3.05) is 5.75 Å². The lowest BCUT2D eigenvalue weighted by Gasteiger charge is -2.37. The van der Waals surface area contributed by atoms with Crippen LogP contribution >= 0.6 is 11.8 Å². The van der Waals surface area contributed by atoms with Crippen molar-refractivity contribution >= 4 is 28.8 Å². The fourth-order valence-corrected chi connectivity index (χ4v) is 4.52. The van der Waals surface area contributed by atoms with E-state index < -0.39 is 0 Å². The smallest absolute Gasteiger partial charge is 0.289 e. The summed E-state index contributed by atoms with van der Waals surface area (Å²) in [4.78, 5) is 37.6. The highest BCUT2D eigenvalue weighted by Gasteiger charge is 2.41. The van der Waals surface area contributed by atoms with Gasteiger partial charge in [0.15, 0.2) is 0 Å². The molecule has 0 spiro atoms. The average Bonchev–Trinajstić information content (AvgIpc) is 3.11. The SMILES string of the molecule is O=C(NC1CCCCC1N1C(=O)CSC1=O)C1CCCC1. The first-order valence-corrected chi connectivity index (χ1v) is 8.94. The van der Waals surface area contributed by atoms with Gasteiger partial charge in [-0.3, -0.25) is 19.3 Å². The second-order valence-electron chi connectivity index (χ2n) is 6.27. The largest absolute Gasteiger partial charge is 0.351 e. The fourth-order valence-electron chi connectivity index (χ4n) is 3.76. The van der Waals surface area contributed by atoms with E-state index in [1.54, 1.807) is 0 Å². The van der Waals surface area contributed by atoms with Crippen molar-refractivity contribution in [3.05, 3.63) is 0 Å². The Labute approximate surface area is 129 Å². The van der Waals surface area contributed by atoms with Crippen molar-refractivity contribution in [3.63, 3.8) is 0 Å². The molecule has 1 saturated heterocycles. The Bertz CT molecular complexity index is 432. The van der Waals surface area contributed by atoms with Gasteiger partial charge in [0.2, 0.25) is 11.8 Å². The number of imide groups is 1. The summed E-state index contributed by atoms with van der Waals surface area (Å²) >= 11 is 1.08. The molecule has 1 aliphatic heterocycles. The first-order chi connectivity index (χ1) is 10.2. The number of carbonyl (C=O) groups excluding carboxylic acids is 3. The van der Waals surface area contributed by atoms with E-state index in [0.717, 1.165) is 63.1 Å². The molecule has 2 aliphatic carbocycles. The first kappa shape index (κ1) is 14.9. The Kier molecular flexibility index (Phi) is 4.52. The Hall–Kier alpha value is -1.04. The monoisotopic (exact) mass is 310 g/mol. The molecule has 0 bridgehead atoms. The molecule has 0 aromatic heterocycles. The highest BCUT2D eigenvalue weighted by atomic mass is 32.2. The molecule has 3 rings (SSSR count). The molecule has 3 amide bonds. The molecule has 1 heterocycles. The van der Waals surface area contributed by atoms with Crippen molar-refractivity contribution in [1.82, 2.24) is 10.2 Å². The molecule has 2 saturated carbocycles. The summed E-state index contributed by atoms with van der Waals surface area (Å²) in [5.74, 6) is 0.402. The van der Waals surface area contributed by atoms with Crippen LogP contribution in [0.4, 0.5) is 4.79 Å². The van der Waals surface area contributed by atoms with Crippen molar-refractivity contribution in [2.24, 2.45) is 5.92 Å². The standard InChI is InChI=1S/C15H22N2O3S/c18-13-9-21-15(20)17(13)12-8-4-3-7-11(12)16-14(19)10-5-1-2-6-10/h10-12H,1-9H2,(H,16,19). The summed E-state index contributed by atoms with van der Waals surface area (Å²) in [5, 5.41) is 2.99. The Morgan fingerprint density at radius 2 is 1.71 bits per heavy atom. The summed E-state index contributed by atoms with van der Waals surface area (Å²) in [6, 6.07) is -0.197. The van der Waals surface area contributed by atoms with Gasteiger partial charge in [-0.15, -0.1) is 0 Å². The molecule has 5 nitrogen and oxygen atoms in total. The molecule has 3 fully saturated rings. The number of hydrogen-bond acceptors (Lipinski definition) is 4. The fraction of sp³-hybridized carbons (Fsp3) is 0.800. The predicted octanol–water partition coefficient (Wildman–Crippen LogP) is 2.30. The van der Waals surface area contributed by atoms with Crippen LogP contribution in [0.2, 0.25) is 0 Å². The third-order valence-corrected chi connectivity index (χ3v) is 5.73. The minimum absolute atomic E-state index is 0.0570. The van der Waals surface area contributed by atoms with Crippen LogP contribution in [0.1, 0.15) is 51.4 Å². The number of thioether (sulfide) groups is 1. The zero-order valence-electron chi connectivity index (χ0n) is 12.2. The highest BCUT2D eigenvalue weighted by molar-refractivity contribution is 8.14. The molecule has 1 N–H and O–H groups in total. The molecule has 2 unspecified atom stereocenters. The number of rotatable bonds is 3. The summed E-state index contributed by atoms with van der Waals surface area (Å²) < 4.78 is 0. The van der Waals surface area contributed by atoms with Gasteiger partial charge in [0, 0.05) is 12.0 Å². The van der Waals surface area contributed by atoms with E-state index in [2.05, 4.69) is 5.32 Å². The topological polar surface area (TPSA) is 66.5 Å². The first-order valence-electron chi connectivity index (χ1n) is 7.96. The maximum Gasteiger partial charge on any atom is 0.289 e. The normalized spacial score (nSPS) is 31.0.